The van der Waals surface area contributed by atoms with Gasteiger partial charge in [-0.2, -0.15) is 32.1 Å². The molecule has 16 nitrogen and oxygen atoms in total. The number of rotatable bonds is 18. The molecule has 5 aromatic heterocycles. The van der Waals surface area contributed by atoms with Crippen LogP contribution in [-0.2, 0) is 10.1 Å². The molecule has 59 heavy (non-hydrogen) atoms. The molecule has 0 saturated heterocycles. The van der Waals surface area contributed by atoms with Gasteiger partial charge in [-0.15, -0.1) is 43.1 Å². The number of azo groups is 2. The maximum Gasteiger partial charge on any atom is 0.265 e. The predicted molar refractivity (Wildman–Crippen MR) is 246 cm³/mol. The number of nitrogens with one attached hydrogen (secondary N) is 2. The van der Waals surface area contributed by atoms with Crippen LogP contribution >= 0.6 is 57.5 Å². The van der Waals surface area contributed by atoms with Crippen LogP contribution in [0.2, 0.25) is 0 Å². The van der Waals surface area contributed by atoms with Gasteiger partial charge in [0.15, 0.2) is 15.2 Å². The lowest BCUT2D eigenvalue weighted by Gasteiger charge is -2.22. The van der Waals surface area contributed by atoms with Crippen LogP contribution in [0.3, 0.4) is 0 Å². The van der Waals surface area contributed by atoms with Crippen molar-refractivity contribution >= 4 is 144 Å². The molecular weight excluding hydrogens is 867 g/mol. The second-order valence-electron chi connectivity index (χ2n) is 13.0. The zero-order valence-corrected chi connectivity index (χ0v) is 37.9. The van der Waals surface area contributed by atoms with Crippen molar-refractivity contribution in [1.29, 1.82) is 0 Å². The molecule has 308 valence electrons. The minimum absolute atomic E-state index is 0.00613. The standard InChI is InChI=1S/C37H41N13O3S6/c1-7-49(8-2)23-11-13-25(43-45-31-29-21(5)19-55-33(29)47-57-31)27(17-23)38-35-40-36(42-37(41-35)54-15-16-59(51,52)53)39-28-18-24(50(9-3)10-4)12-14-26(28)44-46-32-30-22(6)20-56-34(30)48-58-32/h11-14,17-20H,7-10,15-16H2,1-6H3,(H,51,52,53)(H2,38,39,40,41,42). The molecule has 22 heteroatoms. The van der Waals surface area contributed by atoms with E-state index in [0.717, 1.165) is 80.9 Å². The predicted octanol–water partition coefficient (Wildman–Crippen LogP) is 11.8. The Bertz CT molecular complexity index is 2590. The monoisotopic (exact) mass is 907 g/mol. The Balaban J connectivity index is 1.29. The van der Waals surface area contributed by atoms with Gasteiger partial charge in [0.05, 0.1) is 27.9 Å². The second-order valence-corrected chi connectivity index (χ2v) is 18.8. The Kier molecular flexibility index (Phi) is 13.4. The number of hydrogen-bond donors (Lipinski definition) is 3. The normalized spacial score (nSPS) is 12.1. The molecule has 0 saturated carbocycles. The van der Waals surface area contributed by atoms with E-state index in [2.05, 4.69) is 98.1 Å². The summed E-state index contributed by atoms with van der Waals surface area (Å²) in [6, 6.07) is 11.7. The van der Waals surface area contributed by atoms with Crippen molar-refractivity contribution < 1.29 is 13.0 Å². The lowest BCUT2D eigenvalue weighted by Crippen LogP contribution is -2.21. The highest BCUT2D eigenvalue weighted by molar-refractivity contribution is 8.00. The van der Waals surface area contributed by atoms with Crippen molar-refractivity contribution in [2.24, 2.45) is 20.5 Å². The molecule has 7 aromatic rings. The van der Waals surface area contributed by atoms with Gasteiger partial charge in [-0.05, 0) is 123 Å². The van der Waals surface area contributed by atoms with Gasteiger partial charge in [0.1, 0.15) is 21.0 Å². The second kappa shape index (κ2) is 18.7. The van der Waals surface area contributed by atoms with Crippen LogP contribution < -0.4 is 20.4 Å². The molecule has 0 radical (unpaired) electrons. The van der Waals surface area contributed by atoms with E-state index in [-0.39, 0.29) is 22.8 Å². The SMILES string of the molecule is CCN(CC)c1ccc(N=Nc2snc3scc(C)c23)c(Nc2nc(Nc3cc(N(CC)CC)ccc3N=Nc3snc4scc(C)c34)nc(SCCS(=O)(=O)O)n2)c1. The van der Waals surface area contributed by atoms with Gasteiger partial charge in [-0.25, -0.2) is 0 Å². The van der Waals surface area contributed by atoms with E-state index in [9.17, 15) is 13.0 Å². The Morgan fingerprint density at radius 1 is 0.695 bits per heavy atom. The van der Waals surface area contributed by atoms with Crippen molar-refractivity contribution in [2.45, 2.75) is 46.7 Å². The first-order chi connectivity index (χ1) is 28.5. The lowest BCUT2D eigenvalue weighted by molar-refractivity contribution is 0.485. The summed E-state index contributed by atoms with van der Waals surface area (Å²) < 4.78 is 41.8. The van der Waals surface area contributed by atoms with Gasteiger partial charge in [0, 0.05) is 43.3 Å². The summed E-state index contributed by atoms with van der Waals surface area (Å²) in [6.45, 7) is 15.6. The average molecular weight is 908 g/mol. The number of nitrogens with zero attached hydrogens (tertiary/aromatic N) is 11. The first kappa shape index (κ1) is 42.4. The molecule has 0 aliphatic heterocycles. The molecule has 0 aliphatic carbocycles. The van der Waals surface area contributed by atoms with Crippen molar-refractivity contribution in [2.75, 3.05) is 58.1 Å². The average Bonchev–Trinajstić information content (AvgIpc) is 4.00. The highest BCUT2D eigenvalue weighted by Crippen LogP contribution is 2.41. The van der Waals surface area contributed by atoms with Gasteiger partial charge in [0.2, 0.25) is 11.9 Å². The van der Waals surface area contributed by atoms with Gasteiger partial charge >= 0.3 is 0 Å². The summed E-state index contributed by atoms with van der Waals surface area (Å²) in [5.41, 5.74) is 6.36. The van der Waals surface area contributed by atoms with Crippen molar-refractivity contribution in [3.05, 3.63) is 58.3 Å². The highest BCUT2D eigenvalue weighted by atomic mass is 32.2. The zero-order chi connectivity index (χ0) is 41.7. The molecule has 0 bridgehead atoms. The first-order valence-electron chi connectivity index (χ1n) is 18.6. The largest absolute Gasteiger partial charge is 0.372 e. The lowest BCUT2D eigenvalue weighted by atomic mass is 10.2. The summed E-state index contributed by atoms with van der Waals surface area (Å²) in [5, 5.41) is 33.1. The third-order valence-corrected chi connectivity index (χ3v) is 14.7. The van der Waals surface area contributed by atoms with Crippen molar-refractivity contribution in [1.82, 2.24) is 23.7 Å². The molecule has 2 aromatic carbocycles. The molecule has 3 N–H and O–H groups in total. The van der Waals surface area contributed by atoms with E-state index in [1.807, 2.05) is 50.2 Å². The molecular formula is C37H41N13O3S6. The summed E-state index contributed by atoms with van der Waals surface area (Å²) in [6.07, 6.45) is 0. The summed E-state index contributed by atoms with van der Waals surface area (Å²) >= 11 is 6.82. The van der Waals surface area contributed by atoms with E-state index in [1.165, 1.54) is 23.1 Å². The van der Waals surface area contributed by atoms with Gasteiger partial charge < -0.3 is 20.4 Å². The Labute approximate surface area is 362 Å². The molecule has 0 amide bonds. The number of thioether (sulfide) groups is 1. The number of anilines is 6. The number of thiophene rings is 2. The highest BCUT2D eigenvalue weighted by Gasteiger charge is 2.18. The quantitative estimate of drug-likeness (QED) is 0.0418. The molecule has 0 spiro atoms. The van der Waals surface area contributed by atoms with Crippen molar-refractivity contribution in [3.63, 3.8) is 0 Å². The van der Waals surface area contributed by atoms with Crippen LogP contribution in [0.5, 0.6) is 0 Å². The van der Waals surface area contributed by atoms with E-state index < -0.39 is 15.9 Å². The van der Waals surface area contributed by atoms with E-state index in [4.69, 9.17) is 4.98 Å². The number of benzene rings is 2. The smallest absolute Gasteiger partial charge is 0.265 e. The fraction of sp³-hybridized carbons (Fsp3) is 0.324. The molecule has 0 atom stereocenters. The molecule has 0 unspecified atom stereocenters. The summed E-state index contributed by atoms with van der Waals surface area (Å²) in [7, 11) is -4.22. The van der Waals surface area contributed by atoms with Gasteiger partial charge in [-0.1, -0.05) is 11.8 Å². The Morgan fingerprint density at radius 2 is 1.15 bits per heavy atom. The number of fused-ring (bicyclic) bond motifs is 2. The van der Waals surface area contributed by atoms with Crippen molar-refractivity contribution in [3.8, 4) is 0 Å². The van der Waals surface area contributed by atoms with E-state index >= 15 is 0 Å². The Hall–Kier alpha value is -4.71. The molecule has 0 aliphatic rings. The number of hydrogen-bond acceptors (Lipinski definition) is 20. The Morgan fingerprint density at radius 3 is 1.58 bits per heavy atom. The maximum atomic E-state index is 11.6. The molecule has 0 fully saturated rings. The van der Waals surface area contributed by atoms with Crippen LogP contribution in [-0.4, -0.2) is 74.4 Å². The topological polar surface area (TPSA) is 199 Å². The van der Waals surface area contributed by atoms with Crippen LogP contribution in [0.15, 0.2) is 72.8 Å². The fourth-order valence-electron chi connectivity index (χ4n) is 6.12. The van der Waals surface area contributed by atoms with E-state index in [0.29, 0.717) is 32.8 Å². The third kappa shape index (κ3) is 10.0. The minimum Gasteiger partial charge on any atom is -0.372 e. The third-order valence-electron chi connectivity index (χ3n) is 9.16. The maximum absolute atomic E-state index is 11.6. The van der Waals surface area contributed by atoms with Crippen LogP contribution in [0, 0.1) is 13.8 Å². The van der Waals surface area contributed by atoms with E-state index in [1.54, 1.807) is 22.7 Å². The fourth-order valence-corrected chi connectivity index (χ4v) is 11.4. The first-order valence-corrected chi connectivity index (χ1v) is 24.5. The summed E-state index contributed by atoms with van der Waals surface area (Å²) in [4.78, 5) is 20.4. The van der Waals surface area contributed by atoms with Crippen LogP contribution in [0.4, 0.5) is 56.0 Å². The molecule has 5 heterocycles. The molecule has 7 rings (SSSR count). The van der Waals surface area contributed by atoms with Gasteiger partial charge in [-0.3, -0.25) is 4.55 Å². The minimum atomic E-state index is -4.22. The summed E-state index contributed by atoms with van der Waals surface area (Å²) in [5.74, 6) is -0.138. The number of aromatic nitrogens is 5. The zero-order valence-electron chi connectivity index (χ0n) is 33.0. The number of aryl methyl sites for hydroxylation is 2. The van der Waals surface area contributed by atoms with Gasteiger partial charge in [0.25, 0.3) is 10.1 Å². The van der Waals surface area contributed by atoms with Crippen LogP contribution in [0.25, 0.3) is 20.4 Å². The van der Waals surface area contributed by atoms with Crippen LogP contribution in [0.1, 0.15) is 38.8 Å².